The van der Waals surface area contributed by atoms with E-state index < -0.39 is 11.9 Å². The van der Waals surface area contributed by atoms with E-state index in [1.165, 1.54) is 18.2 Å². The molecule has 0 fully saturated rings. The first-order valence-corrected chi connectivity index (χ1v) is 4.28. The third-order valence-corrected chi connectivity index (χ3v) is 1.76. The summed E-state index contributed by atoms with van der Waals surface area (Å²) in [6, 6.07) is 5.78. The highest BCUT2D eigenvalue weighted by Crippen LogP contribution is 2.23. The summed E-state index contributed by atoms with van der Waals surface area (Å²) in [7, 11) is 0. The average Bonchev–Trinajstić information content (AvgIpc) is 2.19. The van der Waals surface area contributed by atoms with Crippen LogP contribution in [0.2, 0.25) is 0 Å². The minimum atomic E-state index is -0.584. The van der Waals surface area contributed by atoms with Gasteiger partial charge >= 0.3 is 0 Å². The molecule has 0 aromatic heterocycles. The molecule has 1 atom stereocenters. The van der Waals surface area contributed by atoms with Crippen molar-refractivity contribution < 1.29 is 9.13 Å². The molecule has 4 heteroatoms. The molecule has 0 saturated carbocycles. The normalized spacial score (nSPS) is 11.8. The van der Waals surface area contributed by atoms with E-state index in [4.69, 9.17) is 15.7 Å². The van der Waals surface area contributed by atoms with Crippen molar-refractivity contribution in [3.05, 3.63) is 24.0 Å². The van der Waals surface area contributed by atoms with Crippen LogP contribution in [0.5, 0.6) is 5.75 Å². The summed E-state index contributed by atoms with van der Waals surface area (Å²) in [6.07, 6.45) is -0.0500. The Bertz CT molecular complexity index is 360. The number of ether oxygens (including phenoxy) is 1. The summed E-state index contributed by atoms with van der Waals surface area (Å²) in [6.45, 7) is 1.81. The second-order valence-corrected chi connectivity index (χ2v) is 2.83. The molecule has 14 heavy (non-hydrogen) atoms. The van der Waals surface area contributed by atoms with Gasteiger partial charge in [0.2, 0.25) is 0 Å². The standard InChI is InChI=1S/C10H11FN2O/c1-2-8(6-12)14-10-5-7(11)3-4-9(10)13/h3-5,8H,2,13H2,1H3. The highest BCUT2D eigenvalue weighted by molar-refractivity contribution is 5.52. The van der Waals surface area contributed by atoms with Crippen molar-refractivity contribution in [3.63, 3.8) is 0 Å². The van der Waals surface area contributed by atoms with Crippen LogP contribution >= 0.6 is 0 Å². The molecule has 1 unspecified atom stereocenters. The number of hydrogen-bond acceptors (Lipinski definition) is 3. The highest BCUT2D eigenvalue weighted by Gasteiger charge is 2.09. The Morgan fingerprint density at radius 2 is 2.36 bits per heavy atom. The van der Waals surface area contributed by atoms with Gasteiger partial charge in [0.25, 0.3) is 0 Å². The number of nitrogen functional groups attached to an aromatic ring is 1. The zero-order chi connectivity index (χ0) is 10.6. The Morgan fingerprint density at radius 1 is 1.64 bits per heavy atom. The molecule has 1 aromatic rings. The number of benzene rings is 1. The first-order valence-electron chi connectivity index (χ1n) is 4.28. The summed E-state index contributed by atoms with van der Waals surface area (Å²) in [4.78, 5) is 0. The summed E-state index contributed by atoms with van der Waals surface area (Å²) in [5.41, 5.74) is 5.88. The third-order valence-electron chi connectivity index (χ3n) is 1.76. The number of nitrogens with zero attached hydrogens (tertiary/aromatic N) is 1. The Hall–Kier alpha value is -1.76. The van der Waals surface area contributed by atoms with Gasteiger partial charge in [-0.25, -0.2) is 4.39 Å². The summed E-state index contributed by atoms with van der Waals surface area (Å²) >= 11 is 0. The lowest BCUT2D eigenvalue weighted by atomic mass is 10.2. The molecular weight excluding hydrogens is 183 g/mol. The van der Waals surface area contributed by atoms with Crippen molar-refractivity contribution in [1.82, 2.24) is 0 Å². The van der Waals surface area contributed by atoms with Crippen LogP contribution in [0.3, 0.4) is 0 Å². The van der Waals surface area contributed by atoms with Gasteiger partial charge in [-0.3, -0.25) is 0 Å². The van der Waals surface area contributed by atoms with Crippen molar-refractivity contribution in [2.75, 3.05) is 5.73 Å². The topological polar surface area (TPSA) is 59.0 Å². The van der Waals surface area contributed by atoms with Gasteiger partial charge in [0, 0.05) is 6.07 Å². The van der Waals surface area contributed by atoms with Gasteiger partial charge in [0.1, 0.15) is 17.6 Å². The van der Waals surface area contributed by atoms with Gasteiger partial charge in [0.05, 0.1) is 5.69 Å². The fraction of sp³-hybridized carbons (Fsp3) is 0.300. The van der Waals surface area contributed by atoms with Crippen molar-refractivity contribution in [2.24, 2.45) is 0 Å². The van der Waals surface area contributed by atoms with Gasteiger partial charge in [-0.05, 0) is 18.6 Å². The number of nitriles is 1. The number of rotatable bonds is 3. The van der Waals surface area contributed by atoms with Gasteiger partial charge < -0.3 is 10.5 Å². The monoisotopic (exact) mass is 194 g/mol. The van der Waals surface area contributed by atoms with Gasteiger partial charge in [-0.2, -0.15) is 5.26 Å². The maximum Gasteiger partial charge on any atom is 0.184 e. The predicted octanol–water partition coefficient (Wildman–Crippen LogP) is 2.09. The van der Waals surface area contributed by atoms with Crippen molar-refractivity contribution in [3.8, 4) is 11.8 Å². The van der Waals surface area contributed by atoms with E-state index in [2.05, 4.69) is 0 Å². The molecule has 2 N–H and O–H groups in total. The van der Waals surface area contributed by atoms with Crippen LogP contribution in [-0.4, -0.2) is 6.10 Å². The smallest absolute Gasteiger partial charge is 0.184 e. The van der Waals surface area contributed by atoms with Crippen molar-refractivity contribution in [1.29, 1.82) is 5.26 Å². The van der Waals surface area contributed by atoms with E-state index in [9.17, 15) is 4.39 Å². The Morgan fingerprint density at radius 3 is 2.93 bits per heavy atom. The number of nitrogens with two attached hydrogens (primary N) is 1. The lowest BCUT2D eigenvalue weighted by molar-refractivity contribution is 0.252. The van der Waals surface area contributed by atoms with E-state index in [0.717, 1.165) is 0 Å². The quantitative estimate of drug-likeness (QED) is 0.749. The molecule has 3 nitrogen and oxygen atoms in total. The Balaban J connectivity index is 2.86. The molecule has 0 aliphatic rings. The zero-order valence-corrected chi connectivity index (χ0v) is 7.83. The fourth-order valence-corrected chi connectivity index (χ4v) is 0.965. The van der Waals surface area contributed by atoms with Crippen LogP contribution in [0.4, 0.5) is 10.1 Å². The molecule has 0 bridgehead atoms. The molecule has 0 amide bonds. The maximum absolute atomic E-state index is 12.8. The molecule has 74 valence electrons. The molecule has 0 spiro atoms. The van der Waals surface area contributed by atoms with Gasteiger partial charge in [0.15, 0.2) is 6.10 Å². The molecule has 0 aliphatic carbocycles. The number of anilines is 1. The molecular formula is C10H11FN2O. The van der Waals surface area contributed by atoms with Crippen molar-refractivity contribution in [2.45, 2.75) is 19.4 Å². The number of hydrogen-bond donors (Lipinski definition) is 1. The van der Waals surface area contributed by atoms with Gasteiger partial charge in [-0.1, -0.05) is 6.92 Å². The molecule has 1 aromatic carbocycles. The molecule has 0 aliphatic heterocycles. The second kappa shape index (κ2) is 4.47. The molecule has 1 rings (SSSR count). The van der Waals surface area contributed by atoms with E-state index in [1.807, 2.05) is 13.0 Å². The minimum Gasteiger partial charge on any atom is -0.473 e. The summed E-state index contributed by atoms with van der Waals surface area (Å²) in [5, 5.41) is 8.64. The average molecular weight is 194 g/mol. The van der Waals surface area contributed by atoms with E-state index in [0.29, 0.717) is 12.1 Å². The Labute approximate surface area is 81.9 Å². The molecule has 0 radical (unpaired) electrons. The van der Waals surface area contributed by atoms with Crippen LogP contribution in [-0.2, 0) is 0 Å². The summed E-state index contributed by atoms with van der Waals surface area (Å²) in [5.74, 6) is -0.208. The van der Waals surface area contributed by atoms with Crippen molar-refractivity contribution >= 4 is 5.69 Å². The first-order chi connectivity index (χ1) is 6.67. The fourth-order valence-electron chi connectivity index (χ4n) is 0.965. The van der Waals surface area contributed by atoms with Crippen LogP contribution in [0.25, 0.3) is 0 Å². The van der Waals surface area contributed by atoms with Crippen LogP contribution in [0.1, 0.15) is 13.3 Å². The third kappa shape index (κ3) is 2.36. The minimum absolute atomic E-state index is 0.221. The molecule has 0 heterocycles. The number of halogens is 1. The van der Waals surface area contributed by atoms with E-state index >= 15 is 0 Å². The highest BCUT2D eigenvalue weighted by atomic mass is 19.1. The van der Waals surface area contributed by atoms with Crippen LogP contribution < -0.4 is 10.5 Å². The van der Waals surface area contributed by atoms with Crippen LogP contribution in [0.15, 0.2) is 18.2 Å². The molecule has 0 saturated heterocycles. The maximum atomic E-state index is 12.8. The Kier molecular flexibility index (Phi) is 3.29. The SMILES string of the molecule is CCC(C#N)Oc1cc(F)ccc1N. The summed E-state index contributed by atoms with van der Waals surface area (Å²) < 4.78 is 18.0. The zero-order valence-electron chi connectivity index (χ0n) is 7.83. The lowest BCUT2D eigenvalue weighted by Crippen LogP contribution is -2.13. The second-order valence-electron chi connectivity index (χ2n) is 2.83. The predicted molar refractivity (Wildman–Crippen MR) is 51.1 cm³/mol. The van der Waals surface area contributed by atoms with E-state index in [-0.39, 0.29) is 5.75 Å². The van der Waals surface area contributed by atoms with Gasteiger partial charge in [-0.15, -0.1) is 0 Å². The largest absolute Gasteiger partial charge is 0.473 e. The van der Waals surface area contributed by atoms with E-state index in [1.54, 1.807) is 0 Å². The first kappa shape index (κ1) is 10.3. The lowest BCUT2D eigenvalue weighted by Gasteiger charge is -2.11. The van der Waals surface area contributed by atoms with Crippen LogP contribution in [0, 0.1) is 17.1 Å².